The fourth-order valence-electron chi connectivity index (χ4n) is 4.36. The van der Waals surface area contributed by atoms with Crippen LogP contribution in [0.2, 0.25) is 0 Å². The number of carbonyl (C=O) groups excluding carboxylic acids is 2. The molecule has 8 heteroatoms. The van der Waals surface area contributed by atoms with E-state index in [4.69, 9.17) is 0 Å². The summed E-state index contributed by atoms with van der Waals surface area (Å²) in [6.07, 6.45) is 5.86. The lowest BCUT2D eigenvalue weighted by Crippen LogP contribution is -2.44. The Balaban J connectivity index is 1.72. The standard InChI is InChI=1S/C20H29N3O4S/c1-4-23(13(2)3)18(24)12-28(26,27)22-20(25)21-19-16-9-5-7-14(16)11-15-8-6-10-17(15)19/h11,13H,4-10,12H2,1-3H3,(H2,21,22,25). The molecule has 1 aromatic carbocycles. The smallest absolute Gasteiger partial charge is 0.332 e. The highest BCUT2D eigenvalue weighted by Crippen LogP contribution is 2.38. The van der Waals surface area contributed by atoms with Crippen LogP contribution in [0.4, 0.5) is 10.5 Å². The van der Waals surface area contributed by atoms with Gasteiger partial charge in [0.15, 0.2) is 0 Å². The van der Waals surface area contributed by atoms with Gasteiger partial charge in [-0.1, -0.05) is 6.07 Å². The molecule has 0 fully saturated rings. The number of rotatable bonds is 6. The van der Waals surface area contributed by atoms with Gasteiger partial charge in [0, 0.05) is 18.3 Å². The van der Waals surface area contributed by atoms with Crippen molar-refractivity contribution in [2.75, 3.05) is 17.6 Å². The molecule has 0 unspecified atom stereocenters. The molecule has 154 valence electrons. The van der Waals surface area contributed by atoms with E-state index in [0.717, 1.165) is 55.3 Å². The van der Waals surface area contributed by atoms with Gasteiger partial charge in [0.05, 0.1) is 0 Å². The zero-order valence-corrected chi connectivity index (χ0v) is 17.6. The highest BCUT2D eigenvalue weighted by atomic mass is 32.2. The fraction of sp³-hybridized carbons (Fsp3) is 0.600. The lowest BCUT2D eigenvalue weighted by atomic mass is 9.99. The number of hydrogen-bond acceptors (Lipinski definition) is 4. The van der Waals surface area contributed by atoms with E-state index in [9.17, 15) is 18.0 Å². The van der Waals surface area contributed by atoms with Crippen LogP contribution in [0.3, 0.4) is 0 Å². The van der Waals surface area contributed by atoms with E-state index >= 15 is 0 Å². The first kappa shape index (κ1) is 20.6. The van der Waals surface area contributed by atoms with Crippen molar-refractivity contribution in [1.82, 2.24) is 9.62 Å². The van der Waals surface area contributed by atoms with Gasteiger partial charge >= 0.3 is 6.03 Å². The van der Waals surface area contributed by atoms with Crippen LogP contribution in [-0.4, -0.2) is 43.6 Å². The third-order valence-electron chi connectivity index (χ3n) is 5.56. The van der Waals surface area contributed by atoms with Gasteiger partial charge in [0.1, 0.15) is 5.75 Å². The molecule has 0 aromatic heterocycles. The first-order valence-corrected chi connectivity index (χ1v) is 11.6. The largest absolute Gasteiger partial charge is 0.340 e. The minimum Gasteiger partial charge on any atom is -0.340 e. The molecule has 0 aliphatic heterocycles. The molecule has 28 heavy (non-hydrogen) atoms. The Morgan fingerprint density at radius 2 is 1.64 bits per heavy atom. The molecule has 7 nitrogen and oxygen atoms in total. The van der Waals surface area contributed by atoms with Gasteiger partial charge < -0.3 is 10.2 Å². The average Bonchev–Trinajstić information content (AvgIpc) is 3.22. The highest BCUT2D eigenvalue weighted by molar-refractivity contribution is 7.90. The molecule has 0 saturated heterocycles. The van der Waals surface area contributed by atoms with E-state index in [1.54, 1.807) is 6.92 Å². The van der Waals surface area contributed by atoms with Crippen molar-refractivity contribution in [3.63, 3.8) is 0 Å². The number of benzene rings is 1. The van der Waals surface area contributed by atoms with Gasteiger partial charge in [-0.15, -0.1) is 0 Å². The van der Waals surface area contributed by atoms with E-state index in [1.165, 1.54) is 16.0 Å². The monoisotopic (exact) mass is 407 g/mol. The molecule has 0 bridgehead atoms. The van der Waals surface area contributed by atoms with Crippen LogP contribution < -0.4 is 10.0 Å². The van der Waals surface area contributed by atoms with E-state index in [1.807, 2.05) is 18.6 Å². The van der Waals surface area contributed by atoms with E-state index < -0.39 is 27.7 Å². The van der Waals surface area contributed by atoms with Gasteiger partial charge in [-0.05, 0) is 81.5 Å². The second-order valence-electron chi connectivity index (χ2n) is 7.82. The fourth-order valence-corrected chi connectivity index (χ4v) is 5.26. The van der Waals surface area contributed by atoms with Crippen molar-refractivity contribution in [3.05, 3.63) is 28.3 Å². The van der Waals surface area contributed by atoms with Crippen molar-refractivity contribution in [2.45, 2.75) is 65.3 Å². The van der Waals surface area contributed by atoms with Gasteiger partial charge in [-0.3, -0.25) is 4.79 Å². The van der Waals surface area contributed by atoms with Crippen LogP contribution >= 0.6 is 0 Å². The average molecular weight is 408 g/mol. The summed E-state index contributed by atoms with van der Waals surface area (Å²) in [6, 6.07) is 1.35. The molecule has 1 aromatic rings. The van der Waals surface area contributed by atoms with Crippen molar-refractivity contribution >= 4 is 27.6 Å². The number of carbonyl (C=O) groups is 2. The summed E-state index contributed by atoms with van der Waals surface area (Å²) in [4.78, 5) is 26.2. The molecule has 0 atom stereocenters. The van der Waals surface area contributed by atoms with Crippen molar-refractivity contribution in [3.8, 4) is 0 Å². The number of sulfonamides is 1. The highest BCUT2D eigenvalue weighted by Gasteiger charge is 2.27. The number of hydrogen-bond donors (Lipinski definition) is 2. The van der Waals surface area contributed by atoms with Gasteiger partial charge in [0.2, 0.25) is 15.9 Å². The van der Waals surface area contributed by atoms with Crippen molar-refractivity contribution < 1.29 is 18.0 Å². The normalized spacial score (nSPS) is 15.3. The van der Waals surface area contributed by atoms with Crippen LogP contribution in [0, 0.1) is 0 Å². The van der Waals surface area contributed by atoms with Crippen LogP contribution in [-0.2, 0) is 40.5 Å². The summed E-state index contributed by atoms with van der Waals surface area (Å²) >= 11 is 0. The van der Waals surface area contributed by atoms with E-state index in [-0.39, 0.29) is 6.04 Å². The zero-order chi connectivity index (χ0) is 20.5. The lowest BCUT2D eigenvalue weighted by Gasteiger charge is -2.25. The number of aryl methyl sites for hydroxylation is 2. The Hall–Kier alpha value is -2.09. The number of urea groups is 1. The number of fused-ring (bicyclic) bond motifs is 2. The van der Waals surface area contributed by atoms with Crippen molar-refractivity contribution in [2.24, 2.45) is 0 Å². The Bertz CT molecular complexity index is 861. The molecule has 3 rings (SSSR count). The Morgan fingerprint density at radius 1 is 1.07 bits per heavy atom. The second-order valence-corrected chi connectivity index (χ2v) is 9.55. The zero-order valence-electron chi connectivity index (χ0n) is 16.8. The maximum absolute atomic E-state index is 12.5. The van der Waals surface area contributed by atoms with E-state index in [0.29, 0.717) is 6.54 Å². The minimum absolute atomic E-state index is 0.101. The Morgan fingerprint density at radius 3 is 2.14 bits per heavy atom. The molecule has 2 aliphatic carbocycles. The van der Waals surface area contributed by atoms with Crippen LogP contribution in [0.15, 0.2) is 6.07 Å². The molecule has 0 spiro atoms. The van der Waals surface area contributed by atoms with Crippen molar-refractivity contribution in [1.29, 1.82) is 0 Å². The predicted molar refractivity (Wildman–Crippen MR) is 109 cm³/mol. The van der Waals surface area contributed by atoms with Crippen LogP contribution in [0.1, 0.15) is 55.9 Å². The van der Waals surface area contributed by atoms with Gasteiger partial charge in [-0.2, -0.15) is 0 Å². The molecule has 2 aliphatic rings. The summed E-state index contributed by atoms with van der Waals surface area (Å²) in [6.45, 7) is 5.86. The summed E-state index contributed by atoms with van der Waals surface area (Å²) in [5, 5.41) is 2.78. The molecule has 2 N–H and O–H groups in total. The topological polar surface area (TPSA) is 95.6 Å². The molecule has 0 heterocycles. The molecule has 0 saturated carbocycles. The summed E-state index contributed by atoms with van der Waals surface area (Å²) in [5.41, 5.74) is 5.54. The SMILES string of the molecule is CCN(C(=O)CS(=O)(=O)NC(=O)Nc1c2c(cc3c1CCC3)CCC2)C(C)C. The molecule has 0 radical (unpaired) electrons. The maximum Gasteiger partial charge on any atom is 0.332 e. The Kier molecular flexibility index (Phi) is 5.98. The number of amides is 3. The third kappa shape index (κ3) is 4.32. The maximum atomic E-state index is 12.5. The van der Waals surface area contributed by atoms with Gasteiger partial charge in [-0.25, -0.2) is 17.9 Å². The molecular weight excluding hydrogens is 378 g/mol. The molecule has 3 amide bonds. The lowest BCUT2D eigenvalue weighted by molar-refractivity contribution is -0.129. The first-order chi connectivity index (χ1) is 13.2. The minimum atomic E-state index is -4.07. The number of anilines is 1. The summed E-state index contributed by atoms with van der Waals surface area (Å²) in [7, 11) is -4.07. The summed E-state index contributed by atoms with van der Waals surface area (Å²) in [5.74, 6) is -1.25. The van der Waals surface area contributed by atoms with Crippen LogP contribution in [0.5, 0.6) is 0 Å². The van der Waals surface area contributed by atoms with Crippen LogP contribution in [0.25, 0.3) is 0 Å². The first-order valence-electron chi connectivity index (χ1n) is 9.99. The molecular formula is C20H29N3O4S. The number of nitrogens with one attached hydrogen (secondary N) is 2. The Labute approximate surface area is 166 Å². The predicted octanol–water partition coefficient (Wildman–Crippen LogP) is 2.37. The number of nitrogens with zero attached hydrogens (tertiary/aromatic N) is 1. The third-order valence-corrected chi connectivity index (χ3v) is 6.68. The second kappa shape index (κ2) is 8.11. The van der Waals surface area contributed by atoms with E-state index in [2.05, 4.69) is 11.4 Å². The summed E-state index contributed by atoms with van der Waals surface area (Å²) < 4.78 is 26.7. The van der Waals surface area contributed by atoms with Gasteiger partial charge in [0.25, 0.3) is 0 Å². The quantitative estimate of drug-likeness (QED) is 0.757.